The lowest BCUT2D eigenvalue weighted by Gasteiger charge is -2.32. The van der Waals surface area contributed by atoms with Crippen molar-refractivity contribution >= 4 is 23.2 Å². The van der Waals surface area contributed by atoms with Crippen LogP contribution < -0.4 is 10.2 Å². The van der Waals surface area contributed by atoms with E-state index in [1.54, 1.807) is 17.4 Å². The van der Waals surface area contributed by atoms with Crippen LogP contribution in [0.3, 0.4) is 0 Å². The zero-order valence-electron chi connectivity index (χ0n) is 15.4. The second-order valence-corrected chi connectivity index (χ2v) is 7.70. The zero-order chi connectivity index (χ0) is 18.5. The molecule has 26 heavy (non-hydrogen) atoms. The van der Waals surface area contributed by atoms with E-state index in [2.05, 4.69) is 22.1 Å². The molecule has 1 saturated heterocycles. The van der Waals surface area contributed by atoms with Gasteiger partial charge in [-0.3, -0.25) is 9.59 Å². The average Bonchev–Trinajstić information content (AvgIpc) is 3.15. The van der Waals surface area contributed by atoms with Gasteiger partial charge in [0.15, 0.2) is 0 Å². The fraction of sp³-hybridized carbons (Fsp3) is 0.400. The third-order valence-electron chi connectivity index (χ3n) is 5.03. The molecular formula is C20H26N3O2S+. The van der Waals surface area contributed by atoms with E-state index in [1.807, 2.05) is 30.9 Å². The Morgan fingerprint density at radius 1 is 1.15 bits per heavy atom. The molecule has 1 aliphatic heterocycles. The fourth-order valence-corrected chi connectivity index (χ4v) is 3.85. The molecule has 0 unspecified atom stereocenters. The van der Waals surface area contributed by atoms with E-state index in [9.17, 15) is 9.59 Å². The topological polar surface area (TPSA) is 53.9 Å². The van der Waals surface area contributed by atoms with E-state index in [1.165, 1.54) is 10.5 Å². The first-order valence-corrected chi connectivity index (χ1v) is 9.95. The SMILES string of the molecule is Cc1ccc(C(=O)NCC(=O)N2CC[NH+](Cc3ccsc3)CC2)cc1C. The summed E-state index contributed by atoms with van der Waals surface area (Å²) in [6.07, 6.45) is 0. The number of quaternary nitrogens is 1. The van der Waals surface area contributed by atoms with Crippen molar-refractivity contribution in [3.05, 3.63) is 57.3 Å². The van der Waals surface area contributed by atoms with Crippen LogP contribution in [0.1, 0.15) is 27.0 Å². The molecule has 3 rings (SSSR count). The molecule has 0 spiro atoms. The largest absolute Gasteiger partial charge is 0.343 e. The second kappa shape index (κ2) is 8.47. The lowest BCUT2D eigenvalue weighted by Crippen LogP contribution is -3.13. The van der Waals surface area contributed by atoms with E-state index < -0.39 is 0 Å². The molecule has 0 atom stereocenters. The smallest absolute Gasteiger partial charge is 0.251 e. The molecule has 138 valence electrons. The van der Waals surface area contributed by atoms with Gasteiger partial charge in [0, 0.05) is 11.1 Å². The molecular weight excluding hydrogens is 346 g/mol. The summed E-state index contributed by atoms with van der Waals surface area (Å²) in [6, 6.07) is 7.76. The van der Waals surface area contributed by atoms with Crippen LogP contribution in [0.2, 0.25) is 0 Å². The standard InChI is InChI=1S/C20H25N3O2S/c1-15-3-4-18(11-16(15)2)20(25)21-12-19(24)23-8-6-22(7-9-23)13-17-5-10-26-14-17/h3-5,10-11,14H,6-9,12-13H2,1-2H3,(H,21,25)/p+1. The van der Waals surface area contributed by atoms with Crippen LogP contribution in [0.15, 0.2) is 35.0 Å². The van der Waals surface area contributed by atoms with Gasteiger partial charge < -0.3 is 15.1 Å². The van der Waals surface area contributed by atoms with Crippen molar-refractivity contribution in [3.8, 4) is 0 Å². The van der Waals surface area contributed by atoms with Gasteiger partial charge in [0.1, 0.15) is 6.54 Å². The van der Waals surface area contributed by atoms with Gasteiger partial charge in [-0.25, -0.2) is 0 Å². The molecule has 0 bridgehead atoms. The Bertz CT molecular complexity index is 765. The summed E-state index contributed by atoms with van der Waals surface area (Å²) in [5.74, 6) is -0.195. The number of hydrogen-bond donors (Lipinski definition) is 2. The maximum Gasteiger partial charge on any atom is 0.251 e. The molecule has 1 aromatic carbocycles. The molecule has 2 aromatic rings. The van der Waals surface area contributed by atoms with Crippen LogP contribution >= 0.6 is 11.3 Å². The fourth-order valence-electron chi connectivity index (χ4n) is 3.18. The molecule has 0 radical (unpaired) electrons. The summed E-state index contributed by atoms with van der Waals surface area (Å²) in [5, 5.41) is 7.05. The highest BCUT2D eigenvalue weighted by Crippen LogP contribution is 2.09. The second-order valence-electron chi connectivity index (χ2n) is 6.92. The third kappa shape index (κ3) is 4.71. The average molecular weight is 373 g/mol. The maximum absolute atomic E-state index is 12.4. The Kier molecular flexibility index (Phi) is 6.06. The number of nitrogens with zero attached hydrogens (tertiary/aromatic N) is 1. The van der Waals surface area contributed by atoms with Crippen LogP contribution in [0, 0.1) is 13.8 Å². The Morgan fingerprint density at radius 3 is 2.58 bits per heavy atom. The minimum atomic E-state index is -0.192. The molecule has 0 aliphatic carbocycles. The van der Waals surface area contributed by atoms with Gasteiger partial charge >= 0.3 is 0 Å². The van der Waals surface area contributed by atoms with Crippen LogP contribution in [0.4, 0.5) is 0 Å². The summed E-state index contributed by atoms with van der Waals surface area (Å²) in [7, 11) is 0. The Morgan fingerprint density at radius 2 is 1.92 bits per heavy atom. The van der Waals surface area contributed by atoms with Crippen LogP contribution in [0.5, 0.6) is 0 Å². The molecule has 2 amide bonds. The number of nitrogens with one attached hydrogen (secondary N) is 2. The number of carbonyl (C=O) groups excluding carboxylic acids is 2. The first kappa shape index (κ1) is 18.6. The van der Waals surface area contributed by atoms with Gasteiger partial charge in [-0.1, -0.05) is 6.07 Å². The zero-order valence-corrected chi connectivity index (χ0v) is 16.2. The van der Waals surface area contributed by atoms with Crippen molar-refractivity contribution in [2.75, 3.05) is 32.7 Å². The van der Waals surface area contributed by atoms with Crippen molar-refractivity contribution in [2.45, 2.75) is 20.4 Å². The van der Waals surface area contributed by atoms with Gasteiger partial charge in [-0.2, -0.15) is 11.3 Å². The van der Waals surface area contributed by atoms with E-state index in [0.717, 1.165) is 43.9 Å². The lowest BCUT2D eigenvalue weighted by molar-refractivity contribution is -0.917. The van der Waals surface area contributed by atoms with E-state index in [4.69, 9.17) is 0 Å². The molecule has 6 heteroatoms. The molecule has 1 fully saturated rings. The minimum Gasteiger partial charge on any atom is -0.343 e. The molecule has 2 N–H and O–H groups in total. The van der Waals surface area contributed by atoms with Crippen molar-refractivity contribution in [3.63, 3.8) is 0 Å². The van der Waals surface area contributed by atoms with Crippen LogP contribution in [-0.2, 0) is 11.3 Å². The van der Waals surface area contributed by atoms with Crippen molar-refractivity contribution in [1.29, 1.82) is 0 Å². The Balaban J connectivity index is 1.44. The normalized spacial score (nSPS) is 15.1. The first-order valence-electron chi connectivity index (χ1n) is 9.01. The van der Waals surface area contributed by atoms with E-state index >= 15 is 0 Å². The maximum atomic E-state index is 12.4. The van der Waals surface area contributed by atoms with Gasteiger partial charge in [-0.15, -0.1) is 0 Å². The molecule has 2 heterocycles. The number of rotatable bonds is 5. The third-order valence-corrected chi connectivity index (χ3v) is 5.76. The number of hydrogen-bond acceptors (Lipinski definition) is 3. The lowest BCUT2D eigenvalue weighted by atomic mass is 10.1. The highest BCUT2D eigenvalue weighted by atomic mass is 32.1. The predicted octanol–water partition coefficient (Wildman–Crippen LogP) is 1.02. The first-order chi connectivity index (χ1) is 12.5. The monoisotopic (exact) mass is 372 g/mol. The number of thiophene rings is 1. The number of benzene rings is 1. The molecule has 1 aromatic heterocycles. The molecule has 1 aliphatic rings. The quantitative estimate of drug-likeness (QED) is 0.824. The van der Waals surface area contributed by atoms with Gasteiger partial charge in [-0.05, 0) is 53.9 Å². The summed E-state index contributed by atoms with van der Waals surface area (Å²) >= 11 is 1.72. The highest BCUT2D eigenvalue weighted by Gasteiger charge is 2.24. The van der Waals surface area contributed by atoms with E-state index in [0.29, 0.717) is 5.56 Å². The number of carbonyl (C=O) groups is 2. The molecule has 0 saturated carbocycles. The van der Waals surface area contributed by atoms with Gasteiger partial charge in [0.25, 0.3) is 5.91 Å². The number of amides is 2. The van der Waals surface area contributed by atoms with Crippen molar-refractivity contribution in [2.24, 2.45) is 0 Å². The summed E-state index contributed by atoms with van der Waals surface area (Å²) in [4.78, 5) is 28.0. The summed E-state index contributed by atoms with van der Waals surface area (Å²) < 4.78 is 0. The van der Waals surface area contributed by atoms with Gasteiger partial charge in [0.2, 0.25) is 5.91 Å². The minimum absolute atomic E-state index is 0.00299. The number of piperazine rings is 1. The summed E-state index contributed by atoms with van der Waals surface area (Å²) in [5.41, 5.74) is 4.20. The van der Waals surface area contributed by atoms with E-state index in [-0.39, 0.29) is 18.4 Å². The van der Waals surface area contributed by atoms with Gasteiger partial charge in [0.05, 0.1) is 32.7 Å². The Hall–Kier alpha value is -2.18. The Labute approximate surface area is 158 Å². The number of aryl methyl sites for hydroxylation is 2. The predicted molar refractivity (Wildman–Crippen MR) is 104 cm³/mol. The van der Waals surface area contributed by atoms with Crippen LogP contribution in [0.25, 0.3) is 0 Å². The van der Waals surface area contributed by atoms with Crippen molar-refractivity contribution < 1.29 is 14.5 Å². The summed E-state index contributed by atoms with van der Waals surface area (Å²) in [6.45, 7) is 8.48. The van der Waals surface area contributed by atoms with Crippen LogP contribution in [-0.4, -0.2) is 49.4 Å². The highest BCUT2D eigenvalue weighted by molar-refractivity contribution is 7.07. The molecule has 5 nitrogen and oxygen atoms in total. The van der Waals surface area contributed by atoms with Crippen molar-refractivity contribution in [1.82, 2.24) is 10.2 Å².